The maximum absolute atomic E-state index is 12.7. The Kier molecular flexibility index (Phi) is 8.98. The summed E-state index contributed by atoms with van der Waals surface area (Å²) in [7, 11) is 0. The molecule has 14 heavy (non-hydrogen) atoms. The van der Waals surface area contributed by atoms with Crippen LogP contribution >= 0.6 is 0 Å². The van der Waals surface area contributed by atoms with Gasteiger partial charge in [0, 0.05) is 0 Å². The molecule has 0 aromatic heterocycles. The molecule has 0 bridgehead atoms. The molecular weight excluding hydrogens is 190 g/mol. The molecule has 0 aliphatic carbocycles. The average Bonchev–Trinajstić information content (AvgIpc) is 2.19. The quantitative estimate of drug-likeness (QED) is 0.560. The van der Waals surface area contributed by atoms with Crippen molar-refractivity contribution in [3.05, 3.63) is 36.3 Å². The summed E-state index contributed by atoms with van der Waals surface area (Å²) in [6.45, 7) is 11.7. The molecule has 0 atom stereocenters. The smallest absolute Gasteiger partial charge is 0.203 e. The topological polar surface area (TPSA) is 29.5 Å². The second-order valence-electron chi connectivity index (χ2n) is 1.93. The van der Waals surface area contributed by atoms with Gasteiger partial charge in [-0.3, -0.25) is 0 Å². The van der Waals surface area contributed by atoms with Gasteiger partial charge < -0.3 is 9.84 Å². The summed E-state index contributed by atoms with van der Waals surface area (Å²) in [6, 6.07) is 0. The van der Waals surface area contributed by atoms with Gasteiger partial charge in [0.15, 0.2) is 5.76 Å². The number of aliphatic hydroxyl groups is 1. The van der Waals surface area contributed by atoms with E-state index in [-0.39, 0.29) is 6.61 Å². The highest BCUT2D eigenvalue weighted by atomic mass is 19.2. The molecule has 0 saturated carbocycles. The maximum Gasteiger partial charge on any atom is 0.203 e. The van der Waals surface area contributed by atoms with Gasteiger partial charge in [-0.25, -0.2) is 0 Å². The Bertz CT molecular complexity index is 232. The van der Waals surface area contributed by atoms with Gasteiger partial charge >= 0.3 is 0 Å². The fourth-order valence-electron chi connectivity index (χ4n) is 0.487. The first-order chi connectivity index (χ1) is 6.50. The normalized spacial score (nSPS) is 10.6. The van der Waals surface area contributed by atoms with E-state index in [9.17, 15) is 8.78 Å². The SMILES string of the molecule is C=C(O)/C(F)=C(/F)C(=C)OCC.CC. The molecule has 0 fully saturated rings. The number of aliphatic hydroxyl groups excluding tert-OH is 1. The summed E-state index contributed by atoms with van der Waals surface area (Å²) in [5.41, 5.74) is 0. The average molecular weight is 206 g/mol. The number of ether oxygens (including phenoxy) is 1. The number of hydrogen-bond donors (Lipinski definition) is 1. The van der Waals surface area contributed by atoms with Crippen molar-refractivity contribution >= 4 is 0 Å². The molecule has 0 aliphatic heterocycles. The van der Waals surface area contributed by atoms with E-state index in [1.54, 1.807) is 6.92 Å². The molecule has 2 nitrogen and oxygen atoms in total. The van der Waals surface area contributed by atoms with Gasteiger partial charge in [-0.1, -0.05) is 27.0 Å². The lowest BCUT2D eigenvalue weighted by Crippen LogP contribution is -1.94. The minimum absolute atomic E-state index is 0.178. The Morgan fingerprint density at radius 2 is 1.64 bits per heavy atom. The Hall–Kier alpha value is -1.32. The van der Waals surface area contributed by atoms with Crippen molar-refractivity contribution in [3.8, 4) is 0 Å². The van der Waals surface area contributed by atoms with Crippen LogP contribution in [0.1, 0.15) is 20.8 Å². The summed E-state index contributed by atoms with van der Waals surface area (Å²) < 4.78 is 29.7. The van der Waals surface area contributed by atoms with Gasteiger partial charge in [-0.05, 0) is 6.92 Å². The van der Waals surface area contributed by atoms with Crippen LogP contribution in [0.3, 0.4) is 0 Å². The lowest BCUT2D eigenvalue weighted by Gasteiger charge is -2.04. The van der Waals surface area contributed by atoms with Crippen molar-refractivity contribution in [2.75, 3.05) is 6.61 Å². The molecule has 82 valence electrons. The molecule has 0 unspecified atom stereocenters. The van der Waals surface area contributed by atoms with Crippen LogP contribution in [0.2, 0.25) is 0 Å². The van der Waals surface area contributed by atoms with Crippen LogP contribution in [-0.2, 0) is 4.74 Å². The lowest BCUT2D eigenvalue weighted by atomic mass is 10.3. The Balaban J connectivity index is 0. The minimum atomic E-state index is -1.45. The summed E-state index contributed by atoms with van der Waals surface area (Å²) >= 11 is 0. The maximum atomic E-state index is 12.7. The zero-order valence-corrected chi connectivity index (χ0v) is 8.73. The van der Waals surface area contributed by atoms with Crippen LogP contribution in [0.15, 0.2) is 36.3 Å². The second kappa shape index (κ2) is 8.29. The third-order valence-electron chi connectivity index (χ3n) is 1.01. The van der Waals surface area contributed by atoms with E-state index >= 15 is 0 Å². The Morgan fingerprint density at radius 1 is 1.21 bits per heavy atom. The Morgan fingerprint density at radius 3 is 1.93 bits per heavy atom. The van der Waals surface area contributed by atoms with Crippen LogP contribution in [0, 0.1) is 0 Å². The molecule has 0 aromatic rings. The molecule has 0 heterocycles. The summed E-state index contributed by atoms with van der Waals surface area (Å²) in [4.78, 5) is 0. The van der Waals surface area contributed by atoms with Gasteiger partial charge in [0.1, 0.15) is 5.76 Å². The molecule has 0 aliphatic rings. The van der Waals surface area contributed by atoms with Gasteiger partial charge in [-0.15, -0.1) is 0 Å². The fraction of sp³-hybridized carbons (Fsp3) is 0.400. The molecule has 0 rings (SSSR count). The molecular formula is C10H16F2O2. The largest absolute Gasteiger partial charge is 0.505 e. The van der Waals surface area contributed by atoms with E-state index < -0.39 is 23.2 Å². The van der Waals surface area contributed by atoms with Crippen LogP contribution in [-0.4, -0.2) is 11.7 Å². The number of rotatable bonds is 4. The van der Waals surface area contributed by atoms with Crippen LogP contribution < -0.4 is 0 Å². The highest BCUT2D eigenvalue weighted by molar-refractivity contribution is 5.28. The first kappa shape index (κ1) is 15.2. The van der Waals surface area contributed by atoms with E-state index in [1.165, 1.54) is 0 Å². The zero-order valence-electron chi connectivity index (χ0n) is 8.73. The lowest BCUT2D eigenvalue weighted by molar-refractivity contribution is 0.222. The molecule has 0 aromatic carbocycles. The fourth-order valence-corrected chi connectivity index (χ4v) is 0.487. The van der Waals surface area contributed by atoms with E-state index in [1.807, 2.05) is 13.8 Å². The number of halogens is 2. The number of allylic oxidation sites excluding steroid dienone is 2. The van der Waals surface area contributed by atoms with Gasteiger partial charge in [0.2, 0.25) is 11.7 Å². The van der Waals surface area contributed by atoms with E-state index in [0.29, 0.717) is 0 Å². The van der Waals surface area contributed by atoms with Crippen LogP contribution in [0.4, 0.5) is 8.78 Å². The summed E-state index contributed by atoms with van der Waals surface area (Å²) in [5, 5.41) is 8.44. The van der Waals surface area contributed by atoms with E-state index in [2.05, 4.69) is 17.9 Å². The monoisotopic (exact) mass is 206 g/mol. The number of hydrogen-bond acceptors (Lipinski definition) is 2. The predicted molar refractivity (Wildman–Crippen MR) is 53.1 cm³/mol. The molecule has 0 spiro atoms. The highest BCUT2D eigenvalue weighted by Crippen LogP contribution is 2.20. The van der Waals surface area contributed by atoms with Crippen LogP contribution in [0.5, 0.6) is 0 Å². The van der Waals surface area contributed by atoms with Crippen LogP contribution in [0.25, 0.3) is 0 Å². The second-order valence-corrected chi connectivity index (χ2v) is 1.93. The standard InChI is InChI=1S/C8H10F2O2.C2H6/c1-4-12-6(3)8(10)7(9)5(2)11;1-2/h11H,2-4H2,1H3;1-2H3/b8-7-;. The first-order valence-corrected chi connectivity index (χ1v) is 4.26. The van der Waals surface area contributed by atoms with Crippen molar-refractivity contribution in [2.24, 2.45) is 0 Å². The third-order valence-corrected chi connectivity index (χ3v) is 1.01. The van der Waals surface area contributed by atoms with Crippen molar-refractivity contribution in [1.82, 2.24) is 0 Å². The van der Waals surface area contributed by atoms with E-state index in [0.717, 1.165) is 0 Å². The van der Waals surface area contributed by atoms with Crippen molar-refractivity contribution < 1.29 is 18.6 Å². The first-order valence-electron chi connectivity index (χ1n) is 4.26. The highest BCUT2D eigenvalue weighted by Gasteiger charge is 2.12. The predicted octanol–water partition coefficient (Wildman–Crippen LogP) is 3.79. The zero-order chi connectivity index (χ0) is 11.7. The summed E-state index contributed by atoms with van der Waals surface area (Å²) in [6.07, 6.45) is 0. The molecule has 4 heteroatoms. The molecule has 0 radical (unpaired) electrons. The van der Waals surface area contributed by atoms with Gasteiger partial charge in [0.05, 0.1) is 6.61 Å². The van der Waals surface area contributed by atoms with Crippen molar-refractivity contribution in [1.29, 1.82) is 0 Å². The molecule has 0 amide bonds. The van der Waals surface area contributed by atoms with E-state index in [4.69, 9.17) is 5.11 Å². The van der Waals surface area contributed by atoms with Gasteiger partial charge in [-0.2, -0.15) is 8.78 Å². The third kappa shape index (κ3) is 5.35. The van der Waals surface area contributed by atoms with Gasteiger partial charge in [0.25, 0.3) is 0 Å². The van der Waals surface area contributed by atoms with Crippen molar-refractivity contribution in [2.45, 2.75) is 20.8 Å². The Labute approximate surface area is 83.2 Å². The molecule has 0 saturated heterocycles. The van der Waals surface area contributed by atoms with Crippen molar-refractivity contribution in [3.63, 3.8) is 0 Å². The molecule has 1 N–H and O–H groups in total. The minimum Gasteiger partial charge on any atom is -0.505 e. The summed E-state index contributed by atoms with van der Waals surface area (Å²) in [5.74, 6) is -4.21.